The van der Waals surface area contributed by atoms with Crippen LogP contribution in [0.1, 0.15) is 46.0 Å². The molecule has 0 spiro atoms. The molecule has 0 radical (unpaired) electrons. The van der Waals surface area contributed by atoms with E-state index in [4.69, 9.17) is 0 Å². The highest BCUT2D eigenvalue weighted by atomic mass is 16.5. The summed E-state index contributed by atoms with van der Waals surface area (Å²) in [4.78, 5) is 11.0. The third-order valence-electron chi connectivity index (χ3n) is 2.47. The van der Waals surface area contributed by atoms with Crippen LogP contribution in [0.3, 0.4) is 0 Å². The second-order valence-electron chi connectivity index (χ2n) is 3.69. The molecule has 0 rings (SSSR count). The van der Waals surface area contributed by atoms with Crippen LogP contribution in [0.5, 0.6) is 0 Å². The Bertz CT molecular complexity index is 151. The summed E-state index contributed by atoms with van der Waals surface area (Å²) in [5, 5.41) is 9.77. The second-order valence-corrected chi connectivity index (χ2v) is 3.69. The highest BCUT2D eigenvalue weighted by Crippen LogP contribution is 2.20. The van der Waals surface area contributed by atoms with Crippen molar-refractivity contribution in [1.82, 2.24) is 0 Å². The number of carbonyl (C=O) groups excluding carboxylic acids is 1. The zero-order valence-corrected chi connectivity index (χ0v) is 9.45. The standard InChI is InChI=1S/C11H22O3/c1-4-6-9(7-5-2)10(12)8-11(13)14-3/h9-10,12H,4-8H2,1-3H3/t10-/m0/s1. The summed E-state index contributed by atoms with van der Waals surface area (Å²) in [6.45, 7) is 4.18. The van der Waals surface area contributed by atoms with E-state index in [-0.39, 0.29) is 18.3 Å². The first-order chi connectivity index (χ1) is 6.65. The van der Waals surface area contributed by atoms with Gasteiger partial charge in [-0.3, -0.25) is 4.79 Å². The molecule has 84 valence electrons. The predicted octanol–water partition coefficient (Wildman–Crippen LogP) is 2.13. The van der Waals surface area contributed by atoms with Crippen molar-refractivity contribution in [1.29, 1.82) is 0 Å². The van der Waals surface area contributed by atoms with E-state index in [9.17, 15) is 9.90 Å². The Morgan fingerprint density at radius 3 is 2.14 bits per heavy atom. The zero-order chi connectivity index (χ0) is 11.0. The first-order valence-electron chi connectivity index (χ1n) is 5.40. The van der Waals surface area contributed by atoms with Crippen molar-refractivity contribution in [3.63, 3.8) is 0 Å². The van der Waals surface area contributed by atoms with Crippen molar-refractivity contribution in [3.05, 3.63) is 0 Å². The number of hydrogen-bond donors (Lipinski definition) is 1. The molecule has 0 saturated heterocycles. The Hall–Kier alpha value is -0.570. The molecular weight excluding hydrogens is 180 g/mol. The molecule has 0 amide bonds. The van der Waals surface area contributed by atoms with E-state index in [0.717, 1.165) is 25.7 Å². The minimum atomic E-state index is -0.539. The first-order valence-corrected chi connectivity index (χ1v) is 5.40. The molecule has 0 bridgehead atoms. The number of hydrogen-bond acceptors (Lipinski definition) is 3. The molecule has 0 fully saturated rings. The van der Waals surface area contributed by atoms with E-state index in [2.05, 4.69) is 18.6 Å². The SMILES string of the molecule is CCCC(CCC)[C@@H](O)CC(=O)OC. The third-order valence-corrected chi connectivity index (χ3v) is 2.47. The van der Waals surface area contributed by atoms with Crippen LogP contribution in [-0.4, -0.2) is 24.3 Å². The maximum Gasteiger partial charge on any atom is 0.308 e. The molecule has 0 saturated carbocycles. The van der Waals surface area contributed by atoms with Gasteiger partial charge >= 0.3 is 5.97 Å². The van der Waals surface area contributed by atoms with Gasteiger partial charge in [0.05, 0.1) is 19.6 Å². The van der Waals surface area contributed by atoms with Gasteiger partial charge in [0.1, 0.15) is 0 Å². The van der Waals surface area contributed by atoms with Gasteiger partial charge in [-0.2, -0.15) is 0 Å². The molecule has 0 heterocycles. The van der Waals surface area contributed by atoms with Crippen LogP contribution in [0.2, 0.25) is 0 Å². The lowest BCUT2D eigenvalue weighted by atomic mass is 9.91. The number of aliphatic hydroxyl groups is 1. The number of rotatable bonds is 7. The quantitative estimate of drug-likeness (QED) is 0.643. The minimum Gasteiger partial charge on any atom is -0.469 e. The molecule has 3 heteroatoms. The summed E-state index contributed by atoms with van der Waals surface area (Å²) in [5.41, 5.74) is 0. The zero-order valence-electron chi connectivity index (χ0n) is 9.45. The summed E-state index contributed by atoms with van der Waals surface area (Å²) < 4.78 is 4.53. The number of carbonyl (C=O) groups is 1. The molecule has 0 aliphatic rings. The minimum absolute atomic E-state index is 0.126. The van der Waals surface area contributed by atoms with E-state index in [0.29, 0.717) is 0 Å². The molecule has 14 heavy (non-hydrogen) atoms. The Balaban J connectivity index is 3.99. The van der Waals surface area contributed by atoms with E-state index in [1.54, 1.807) is 0 Å². The molecular formula is C11H22O3. The predicted molar refractivity (Wildman–Crippen MR) is 55.9 cm³/mol. The first kappa shape index (κ1) is 13.4. The molecule has 1 atom stereocenters. The molecule has 0 aliphatic carbocycles. The lowest BCUT2D eigenvalue weighted by Crippen LogP contribution is -2.24. The van der Waals surface area contributed by atoms with Crippen LogP contribution in [0.4, 0.5) is 0 Å². The average molecular weight is 202 g/mol. The molecule has 0 unspecified atom stereocenters. The maximum atomic E-state index is 11.0. The Kier molecular flexibility index (Phi) is 7.48. The van der Waals surface area contributed by atoms with Crippen LogP contribution in [-0.2, 0) is 9.53 Å². The largest absolute Gasteiger partial charge is 0.469 e. The van der Waals surface area contributed by atoms with Crippen molar-refractivity contribution in [3.8, 4) is 0 Å². The van der Waals surface area contributed by atoms with Gasteiger partial charge in [0.15, 0.2) is 0 Å². The average Bonchev–Trinajstić information content (AvgIpc) is 2.17. The van der Waals surface area contributed by atoms with Crippen LogP contribution in [0.15, 0.2) is 0 Å². The molecule has 0 aromatic rings. The van der Waals surface area contributed by atoms with Gasteiger partial charge in [-0.15, -0.1) is 0 Å². The number of aliphatic hydroxyl groups excluding tert-OH is 1. The lowest BCUT2D eigenvalue weighted by Gasteiger charge is -2.20. The summed E-state index contributed by atoms with van der Waals surface area (Å²) in [5.74, 6) is -0.0844. The maximum absolute atomic E-state index is 11.0. The van der Waals surface area contributed by atoms with Gasteiger partial charge in [0, 0.05) is 0 Å². The number of methoxy groups -OCH3 is 1. The van der Waals surface area contributed by atoms with Crippen LogP contribution in [0.25, 0.3) is 0 Å². The summed E-state index contributed by atoms with van der Waals surface area (Å²) in [6, 6.07) is 0. The van der Waals surface area contributed by atoms with Crippen LogP contribution < -0.4 is 0 Å². The van der Waals surface area contributed by atoms with E-state index < -0.39 is 6.10 Å². The van der Waals surface area contributed by atoms with E-state index >= 15 is 0 Å². The molecule has 0 aromatic carbocycles. The number of ether oxygens (including phenoxy) is 1. The van der Waals surface area contributed by atoms with Crippen LogP contribution in [0, 0.1) is 5.92 Å². The highest BCUT2D eigenvalue weighted by Gasteiger charge is 2.20. The highest BCUT2D eigenvalue weighted by molar-refractivity contribution is 5.69. The Morgan fingerprint density at radius 2 is 1.79 bits per heavy atom. The smallest absolute Gasteiger partial charge is 0.308 e. The lowest BCUT2D eigenvalue weighted by molar-refractivity contribution is -0.143. The van der Waals surface area contributed by atoms with Crippen molar-refractivity contribution >= 4 is 5.97 Å². The molecule has 0 aliphatic heterocycles. The fourth-order valence-corrected chi connectivity index (χ4v) is 1.69. The van der Waals surface area contributed by atoms with Gasteiger partial charge < -0.3 is 9.84 Å². The second kappa shape index (κ2) is 7.80. The Labute approximate surface area is 86.5 Å². The van der Waals surface area contributed by atoms with Gasteiger partial charge in [-0.1, -0.05) is 26.7 Å². The van der Waals surface area contributed by atoms with Gasteiger partial charge in [-0.25, -0.2) is 0 Å². The topological polar surface area (TPSA) is 46.5 Å². The van der Waals surface area contributed by atoms with E-state index in [1.165, 1.54) is 7.11 Å². The van der Waals surface area contributed by atoms with Crippen LogP contribution >= 0.6 is 0 Å². The fourth-order valence-electron chi connectivity index (χ4n) is 1.69. The van der Waals surface area contributed by atoms with Gasteiger partial charge in [0.2, 0.25) is 0 Å². The van der Waals surface area contributed by atoms with Crippen molar-refractivity contribution in [2.24, 2.45) is 5.92 Å². The van der Waals surface area contributed by atoms with E-state index in [1.807, 2.05) is 0 Å². The van der Waals surface area contributed by atoms with Gasteiger partial charge in [-0.05, 0) is 18.8 Å². The van der Waals surface area contributed by atoms with Gasteiger partial charge in [0.25, 0.3) is 0 Å². The Morgan fingerprint density at radius 1 is 1.29 bits per heavy atom. The normalized spacial score (nSPS) is 12.9. The number of esters is 1. The summed E-state index contributed by atoms with van der Waals surface area (Å²) in [7, 11) is 1.35. The molecule has 0 aromatic heterocycles. The third kappa shape index (κ3) is 5.22. The summed E-state index contributed by atoms with van der Waals surface area (Å²) in [6.07, 6.45) is 3.63. The van der Waals surface area contributed by atoms with Crippen molar-refractivity contribution in [2.45, 2.75) is 52.1 Å². The fraction of sp³-hybridized carbons (Fsp3) is 0.909. The molecule has 1 N–H and O–H groups in total. The van der Waals surface area contributed by atoms with Crippen molar-refractivity contribution in [2.75, 3.05) is 7.11 Å². The van der Waals surface area contributed by atoms with Crippen molar-refractivity contribution < 1.29 is 14.6 Å². The molecule has 3 nitrogen and oxygen atoms in total. The monoisotopic (exact) mass is 202 g/mol. The summed E-state index contributed by atoms with van der Waals surface area (Å²) >= 11 is 0.